The first kappa shape index (κ1) is 8.52. The second kappa shape index (κ2) is 2.46. The molecule has 2 aliphatic rings. The summed E-state index contributed by atoms with van der Waals surface area (Å²) in [4.78, 5) is 0. The third-order valence-corrected chi connectivity index (χ3v) is 3.66. The van der Waals surface area contributed by atoms with Gasteiger partial charge >= 0.3 is 0 Å². The predicted molar refractivity (Wildman–Crippen MR) is 46.8 cm³/mol. The zero-order valence-electron chi connectivity index (χ0n) is 8.08. The van der Waals surface area contributed by atoms with Gasteiger partial charge in [-0.15, -0.1) is 0 Å². The van der Waals surface area contributed by atoms with Gasteiger partial charge in [-0.3, -0.25) is 0 Å². The van der Waals surface area contributed by atoms with Gasteiger partial charge in [0, 0.05) is 6.42 Å². The van der Waals surface area contributed by atoms with E-state index in [1.807, 2.05) is 0 Å². The van der Waals surface area contributed by atoms with Crippen molar-refractivity contribution in [3.05, 3.63) is 0 Å². The van der Waals surface area contributed by atoms with Crippen LogP contribution in [0.4, 0.5) is 0 Å². The summed E-state index contributed by atoms with van der Waals surface area (Å²) in [6.07, 6.45) is 2.12. The van der Waals surface area contributed by atoms with Gasteiger partial charge in [-0.05, 0) is 25.2 Å². The van der Waals surface area contributed by atoms with Gasteiger partial charge in [0.05, 0.1) is 17.8 Å². The summed E-state index contributed by atoms with van der Waals surface area (Å²) >= 11 is 0. The molecule has 0 radical (unpaired) electrons. The Morgan fingerprint density at radius 1 is 1.33 bits per heavy atom. The highest BCUT2D eigenvalue weighted by atomic mass is 16.5. The summed E-state index contributed by atoms with van der Waals surface area (Å²) in [6.45, 7) is 6.57. The van der Waals surface area contributed by atoms with E-state index in [-0.39, 0.29) is 11.7 Å². The molecule has 0 bridgehead atoms. The molecule has 1 N–H and O–H groups in total. The van der Waals surface area contributed by atoms with Crippen LogP contribution in [-0.2, 0) is 4.74 Å². The fraction of sp³-hybridized carbons (Fsp3) is 1.00. The molecule has 1 saturated heterocycles. The molecular formula is C10H18O2. The highest BCUT2D eigenvalue weighted by Crippen LogP contribution is 2.53. The van der Waals surface area contributed by atoms with E-state index in [4.69, 9.17) is 4.74 Å². The minimum absolute atomic E-state index is 0.156. The van der Waals surface area contributed by atoms with Gasteiger partial charge in [0.1, 0.15) is 0 Å². The minimum Gasteiger partial charge on any atom is -0.390 e. The number of aliphatic hydroxyl groups excluding tert-OH is 1. The lowest BCUT2D eigenvalue weighted by atomic mass is 9.82. The van der Waals surface area contributed by atoms with Crippen LogP contribution in [-0.4, -0.2) is 22.9 Å². The van der Waals surface area contributed by atoms with Crippen LogP contribution >= 0.6 is 0 Å². The van der Waals surface area contributed by atoms with Crippen LogP contribution in [0.3, 0.4) is 0 Å². The summed E-state index contributed by atoms with van der Waals surface area (Å²) < 4.78 is 5.83. The maximum absolute atomic E-state index is 9.52. The number of hydrogen-bond acceptors (Lipinski definition) is 2. The smallest absolute Gasteiger partial charge is 0.0998 e. The molecule has 0 aromatic rings. The van der Waals surface area contributed by atoms with E-state index >= 15 is 0 Å². The highest BCUT2D eigenvalue weighted by molar-refractivity contribution is 5.12. The van der Waals surface area contributed by atoms with Crippen molar-refractivity contribution in [3.63, 3.8) is 0 Å². The Morgan fingerprint density at radius 3 is 2.42 bits per heavy atom. The van der Waals surface area contributed by atoms with Gasteiger partial charge in [0.15, 0.2) is 0 Å². The lowest BCUT2D eigenvalue weighted by Gasteiger charge is -2.38. The van der Waals surface area contributed by atoms with Gasteiger partial charge in [-0.1, -0.05) is 13.8 Å². The zero-order valence-corrected chi connectivity index (χ0v) is 8.08. The molecule has 12 heavy (non-hydrogen) atoms. The van der Waals surface area contributed by atoms with Gasteiger partial charge < -0.3 is 9.84 Å². The third-order valence-electron chi connectivity index (χ3n) is 3.66. The van der Waals surface area contributed by atoms with E-state index in [0.29, 0.717) is 17.9 Å². The summed E-state index contributed by atoms with van der Waals surface area (Å²) in [5.74, 6) is 1.20. The second-order valence-electron chi connectivity index (χ2n) is 4.61. The third kappa shape index (κ3) is 1.01. The molecule has 1 heterocycles. The van der Waals surface area contributed by atoms with Crippen LogP contribution in [0.15, 0.2) is 0 Å². The molecule has 0 amide bonds. The molecule has 2 nitrogen and oxygen atoms in total. The summed E-state index contributed by atoms with van der Waals surface area (Å²) in [5, 5.41) is 9.52. The van der Waals surface area contributed by atoms with Crippen molar-refractivity contribution in [2.45, 2.75) is 51.4 Å². The maximum atomic E-state index is 9.52. The Morgan fingerprint density at radius 2 is 1.92 bits per heavy atom. The van der Waals surface area contributed by atoms with E-state index in [2.05, 4.69) is 20.8 Å². The Labute approximate surface area is 73.9 Å². The molecule has 2 heteroatoms. The first-order valence-electron chi connectivity index (χ1n) is 4.92. The monoisotopic (exact) mass is 170 g/mol. The summed E-state index contributed by atoms with van der Waals surface area (Å²) in [6, 6.07) is 0. The van der Waals surface area contributed by atoms with Crippen molar-refractivity contribution in [2.24, 2.45) is 11.8 Å². The maximum Gasteiger partial charge on any atom is 0.0998 e. The number of aliphatic hydroxyl groups is 1. The number of rotatable bonds is 0. The van der Waals surface area contributed by atoms with E-state index < -0.39 is 0 Å². The molecule has 2 fully saturated rings. The molecule has 1 aliphatic heterocycles. The highest BCUT2D eigenvalue weighted by Gasteiger charge is 2.62. The van der Waals surface area contributed by atoms with Crippen molar-refractivity contribution in [2.75, 3.05) is 0 Å². The van der Waals surface area contributed by atoms with Gasteiger partial charge in [0.2, 0.25) is 0 Å². The second-order valence-corrected chi connectivity index (χ2v) is 4.61. The van der Waals surface area contributed by atoms with Crippen LogP contribution < -0.4 is 0 Å². The van der Waals surface area contributed by atoms with Crippen LogP contribution in [0.1, 0.15) is 33.6 Å². The van der Waals surface area contributed by atoms with Crippen LogP contribution in [0, 0.1) is 11.8 Å². The van der Waals surface area contributed by atoms with Crippen molar-refractivity contribution < 1.29 is 9.84 Å². The van der Waals surface area contributed by atoms with Crippen molar-refractivity contribution in [1.82, 2.24) is 0 Å². The zero-order chi connectivity index (χ0) is 8.93. The van der Waals surface area contributed by atoms with Gasteiger partial charge in [-0.25, -0.2) is 0 Å². The van der Waals surface area contributed by atoms with E-state index in [9.17, 15) is 5.11 Å². The number of ether oxygens (including phenoxy) is 1. The Balaban J connectivity index is 2.13. The summed E-state index contributed by atoms with van der Waals surface area (Å²) in [7, 11) is 0. The quantitative estimate of drug-likeness (QED) is 0.598. The molecule has 4 unspecified atom stereocenters. The fourth-order valence-corrected chi connectivity index (χ4v) is 2.60. The number of hydrogen-bond donors (Lipinski definition) is 1. The average molecular weight is 170 g/mol. The standard InChI is InChI=1S/C10H18O2/c1-6-4-7(2)12-10(8(6)3)5-9(10)11/h6-9,11H,4-5H2,1-3H3/t6-,7?,8?,9?,10?/m1/s1. The van der Waals surface area contributed by atoms with Gasteiger partial charge in [0.25, 0.3) is 0 Å². The summed E-state index contributed by atoms with van der Waals surface area (Å²) in [5.41, 5.74) is -0.156. The lowest BCUT2D eigenvalue weighted by Crippen LogP contribution is -2.41. The molecule has 5 atom stereocenters. The predicted octanol–water partition coefficient (Wildman–Crippen LogP) is 1.57. The Hall–Kier alpha value is -0.0800. The molecule has 1 aliphatic carbocycles. The molecular weight excluding hydrogens is 152 g/mol. The van der Waals surface area contributed by atoms with Crippen molar-refractivity contribution >= 4 is 0 Å². The fourth-order valence-electron chi connectivity index (χ4n) is 2.60. The van der Waals surface area contributed by atoms with Crippen LogP contribution in [0.2, 0.25) is 0 Å². The SMILES string of the molecule is CC1C[C@@H](C)C(C)C2(CC2O)O1. The minimum atomic E-state index is -0.197. The van der Waals surface area contributed by atoms with E-state index in [1.54, 1.807) is 0 Å². The van der Waals surface area contributed by atoms with Gasteiger partial charge in [-0.2, -0.15) is 0 Å². The van der Waals surface area contributed by atoms with E-state index in [0.717, 1.165) is 12.8 Å². The largest absolute Gasteiger partial charge is 0.390 e. The molecule has 1 saturated carbocycles. The molecule has 70 valence electrons. The van der Waals surface area contributed by atoms with Crippen molar-refractivity contribution in [3.8, 4) is 0 Å². The van der Waals surface area contributed by atoms with Crippen LogP contribution in [0.5, 0.6) is 0 Å². The normalized spacial score (nSPS) is 59.0. The Bertz CT molecular complexity index is 192. The van der Waals surface area contributed by atoms with Crippen molar-refractivity contribution in [1.29, 1.82) is 0 Å². The molecule has 2 rings (SSSR count). The first-order valence-corrected chi connectivity index (χ1v) is 4.92. The van der Waals surface area contributed by atoms with Crippen LogP contribution in [0.25, 0.3) is 0 Å². The lowest BCUT2D eigenvalue weighted by molar-refractivity contribution is -0.129. The molecule has 1 spiro atoms. The Kier molecular flexibility index (Phi) is 1.74. The molecule has 0 aromatic heterocycles. The van der Waals surface area contributed by atoms with E-state index in [1.165, 1.54) is 0 Å². The topological polar surface area (TPSA) is 29.5 Å². The molecule has 0 aromatic carbocycles. The first-order chi connectivity index (χ1) is 5.56. The average Bonchev–Trinajstić information content (AvgIpc) is 2.58.